The van der Waals surface area contributed by atoms with E-state index in [4.69, 9.17) is 9.15 Å². The Kier molecular flexibility index (Phi) is 6.29. The predicted molar refractivity (Wildman–Crippen MR) is 123 cm³/mol. The molecule has 1 saturated heterocycles. The molecule has 2 aliphatic heterocycles. The molecule has 1 aromatic carbocycles. The first-order valence-electron chi connectivity index (χ1n) is 11.4. The Morgan fingerprint density at radius 1 is 1.16 bits per heavy atom. The molecule has 0 saturated carbocycles. The van der Waals surface area contributed by atoms with E-state index < -0.39 is 0 Å². The van der Waals surface area contributed by atoms with E-state index in [1.165, 1.54) is 6.26 Å². The zero-order valence-corrected chi connectivity index (χ0v) is 19.5. The van der Waals surface area contributed by atoms with Gasteiger partial charge >= 0.3 is 0 Å². The van der Waals surface area contributed by atoms with E-state index in [0.29, 0.717) is 51.0 Å². The number of ether oxygens (including phenoxy) is 1. The molecular weight excluding hydrogens is 406 g/mol. The molecular formula is C25H33N3O4. The number of amides is 2. The first-order chi connectivity index (χ1) is 15.3. The Morgan fingerprint density at radius 3 is 2.56 bits per heavy atom. The molecule has 1 unspecified atom stereocenters. The smallest absolute Gasteiger partial charge is 0.289 e. The van der Waals surface area contributed by atoms with Gasteiger partial charge in [-0.3, -0.25) is 14.5 Å². The number of nitrogens with zero attached hydrogens (tertiary/aromatic N) is 3. The third-order valence-electron chi connectivity index (χ3n) is 6.49. The van der Waals surface area contributed by atoms with Crippen molar-refractivity contribution in [3.05, 3.63) is 47.9 Å². The molecule has 3 heterocycles. The van der Waals surface area contributed by atoms with Crippen LogP contribution in [0.3, 0.4) is 0 Å². The summed E-state index contributed by atoms with van der Waals surface area (Å²) in [5, 5.41) is 0. The van der Waals surface area contributed by atoms with Crippen molar-refractivity contribution < 1.29 is 18.7 Å². The van der Waals surface area contributed by atoms with E-state index in [1.54, 1.807) is 17.0 Å². The fourth-order valence-electron chi connectivity index (χ4n) is 5.06. The van der Waals surface area contributed by atoms with E-state index in [-0.39, 0.29) is 17.4 Å². The zero-order chi connectivity index (χ0) is 22.9. The lowest BCUT2D eigenvalue weighted by Gasteiger charge is -2.47. The third-order valence-corrected chi connectivity index (χ3v) is 6.49. The van der Waals surface area contributed by atoms with Gasteiger partial charge in [0.15, 0.2) is 5.76 Å². The molecule has 7 heteroatoms. The van der Waals surface area contributed by atoms with E-state index in [2.05, 4.69) is 31.7 Å². The summed E-state index contributed by atoms with van der Waals surface area (Å²) >= 11 is 0. The summed E-state index contributed by atoms with van der Waals surface area (Å²) in [6, 6.07) is 9.47. The van der Waals surface area contributed by atoms with Crippen molar-refractivity contribution in [3.8, 4) is 5.75 Å². The molecule has 2 amide bonds. The standard InChI is InChI=1S/C25H33N3O4/c1-5-31-19-8-9-21-20(15-19)18(2)16-25(3,4)28(21)23(29)17-26-10-12-27(13-11-26)24(30)22-7-6-14-32-22/h6-9,14-15,18H,5,10-13,16-17H2,1-4H3. The lowest BCUT2D eigenvalue weighted by atomic mass is 9.80. The highest BCUT2D eigenvalue weighted by Crippen LogP contribution is 2.44. The van der Waals surface area contributed by atoms with Crippen LogP contribution in [0.15, 0.2) is 41.0 Å². The SMILES string of the molecule is CCOc1ccc2c(c1)C(C)CC(C)(C)N2C(=O)CN1CCN(C(=O)c2ccco2)CC1. The zero-order valence-electron chi connectivity index (χ0n) is 19.5. The van der Waals surface area contributed by atoms with Crippen LogP contribution in [0.5, 0.6) is 5.75 Å². The molecule has 2 aromatic rings. The van der Waals surface area contributed by atoms with Crippen molar-refractivity contribution in [1.29, 1.82) is 0 Å². The largest absolute Gasteiger partial charge is 0.494 e. The molecule has 1 atom stereocenters. The number of anilines is 1. The lowest BCUT2D eigenvalue weighted by Crippen LogP contribution is -2.56. The quantitative estimate of drug-likeness (QED) is 0.710. The van der Waals surface area contributed by atoms with Gasteiger partial charge in [0.1, 0.15) is 5.75 Å². The van der Waals surface area contributed by atoms with Gasteiger partial charge in [-0.2, -0.15) is 0 Å². The topological polar surface area (TPSA) is 66.2 Å². The molecule has 32 heavy (non-hydrogen) atoms. The van der Waals surface area contributed by atoms with Crippen LogP contribution in [0.1, 0.15) is 56.2 Å². The van der Waals surface area contributed by atoms with E-state index in [9.17, 15) is 9.59 Å². The van der Waals surface area contributed by atoms with Crippen LogP contribution >= 0.6 is 0 Å². The van der Waals surface area contributed by atoms with Crippen molar-refractivity contribution in [2.24, 2.45) is 0 Å². The summed E-state index contributed by atoms with van der Waals surface area (Å²) in [6.45, 7) is 11.9. The minimum Gasteiger partial charge on any atom is -0.494 e. The van der Waals surface area contributed by atoms with Crippen LogP contribution in [-0.4, -0.2) is 66.5 Å². The number of benzene rings is 1. The Balaban J connectivity index is 1.45. The highest BCUT2D eigenvalue weighted by atomic mass is 16.5. The Morgan fingerprint density at radius 2 is 1.91 bits per heavy atom. The summed E-state index contributed by atoms with van der Waals surface area (Å²) in [7, 11) is 0. The summed E-state index contributed by atoms with van der Waals surface area (Å²) < 4.78 is 10.9. The van der Waals surface area contributed by atoms with Gasteiger partial charge < -0.3 is 19.0 Å². The van der Waals surface area contributed by atoms with Crippen LogP contribution in [0.25, 0.3) is 0 Å². The fraction of sp³-hybridized carbons (Fsp3) is 0.520. The Labute approximate surface area is 189 Å². The van der Waals surface area contributed by atoms with Gasteiger partial charge in [0.2, 0.25) is 5.91 Å². The first kappa shape index (κ1) is 22.4. The van der Waals surface area contributed by atoms with Crippen LogP contribution in [-0.2, 0) is 4.79 Å². The van der Waals surface area contributed by atoms with Crippen LogP contribution in [0.4, 0.5) is 5.69 Å². The summed E-state index contributed by atoms with van der Waals surface area (Å²) in [5.41, 5.74) is 1.87. The molecule has 4 rings (SSSR count). The summed E-state index contributed by atoms with van der Waals surface area (Å²) in [5.74, 6) is 1.56. The molecule has 7 nitrogen and oxygen atoms in total. The average Bonchev–Trinajstić information content (AvgIpc) is 3.29. The van der Waals surface area contributed by atoms with Gasteiger partial charge in [0, 0.05) is 37.4 Å². The molecule has 2 aliphatic rings. The van der Waals surface area contributed by atoms with Crippen molar-refractivity contribution >= 4 is 17.5 Å². The number of furan rings is 1. The van der Waals surface area contributed by atoms with Crippen molar-refractivity contribution in [3.63, 3.8) is 0 Å². The van der Waals surface area contributed by atoms with E-state index in [0.717, 1.165) is 23.4 Å². The van der Waals surface area contributed by atoms with E-state index >= 15 is 0 Å². The highest BCUT2D eigenvalue weighted by molar-refractivity contribution is 5.97. The third kappa shape index (κ3) is 4.39. The minimum atomic E-state index is -0.270. The summed E-state index contributed by atoms with van der Waals surface area (Å²) in [4.78, 5) is 31.9. The second kappa shape index (κ2) is 8.98. The van der Waals surface area contributed by atoms with Crippen molar-refractivity contribution in [1.82, 2.24) is 9.80 Å². The summed E-state index contributed by atoms with van der Waals surface area (Å²) in [6.07, 6.45) is 2.41. The normalized spacial score (nSPS) is 20.7. The van der Waals surface area contributed by atoms with Crippen LogP contribution in [0.2, 0.25) is 0 Å². The number of hydrogen-bond donors (Lipinski definition) is 0. The van der Waals surface area contributed by atoms with Gasteiger partial charge in [-0.15, -0.1) is 0 Å². The second-order valence-electron chi connectivity index (χ2n) is 9.35. The maximum atomic E-state index is 13.5. The molecule has 1 fully saturated rings. The molecule has 1 aromatic heterocycles. The van der Waals surface area contributed by atoms with Crippen molar-refractivity contribution in [2.75, 3.05) is 44.2 Å². The van der Waals surface area contributed by atoms with Crippen LogP contribution < -0.4 is 9.64 Å². The van der Waals surface area contributed by atoms with E-state index in [1.807, 2.05) is 24.0 Å². The van der Waals surface area contributed by atoms with Gasteiger partial charge in [-0.05, 0) is 69.0 Å². The maximum Gasteiger partial charge on any atom is 0.289 e. The number of fused-ring (bicyclic) bond motifs is 1. The Bertz CT molecular complexity index is 962. The number of carbonyl (C=O) groups is 2. The maximum absolute atomic E-state index is 13.5. The van der Waals surface area contributed by atoms with Crippen LogP contribution in [0, 0.1) is 0 Å². The fourth-order valence-corrected chi connectivity index (χ4v) is 5.06. The highest BCUT2D eigenvalue weighted by Gasteiger charge is 2.40. The first-order valence-corrected chi connectivity index (χ1v) is 11.4. The molecule has 0 bridgehead atoms. The minimum absolute atomic E-state index is 0.0915. The average molecular weight is 440 g/mol. The molecule has 0 aliphatic carbocycles. The van der Waals surface area contributed by atoms with Gasteiger partial charge in [0.25, 0.3) is 5.91 Å². The van der Waals surface area contributed by atoms with Gasteiger partial charge in [-0.25, -0.2) is 0 Å². The second-order valence-corrected chi connectivity index (χ2v) is 9.35. The molecule has 0 spiro atoms. The molecule has 172 valence electrons. The molecule has 0 radical (unpaired) electrons. The number of piperazine rings is 1. The number of carbonyl (C=O) groups excluding carboxylic acids is 2. The Hall–Kier alpha value is -2.80. The monoisotopic (exact) mass is 439 g/mol. The lowest BCUT2D eigenvalue weighted by molar-refractivity contribution is -0.121. The van der Waals surface area contributed by atoms with Crippen molar-refractivity contribution in [2.45, 2.75) is 45.6 Å². The number of rotatable bonds is 5. The van der Waals surface area contributed by atoms with Gasteiger partial charge in [0.05, 0.1) is 19.4 Å². The molecule has 0 N–H and O–H groups in total. The van der Waals surface area contributed by atoms with Gasteiger partial charge in [-0.1, -0.05) is 6.92 Å². The number of hydrogen-bond acceptors (Lipinski definition) is 5. The predicted octanol–water partition coefficient (Wildman–Crippen LogP) is 3.76.